The molecule has 0 bridgehead atoms. The maximum absolute atomic E-state index is 14.1. The van der Waals surface area contributed by atoms with E-state index < -0.39 is 77.7 Å². The molecule has 1 aromatic carbocycles. The molecule has 20 heteroatoms. The molecular formula is C38H64N12O8. The van der Waals surface area contributed by atoms with E-state index in [0.717, 1.165) is 0 Å². The van der Waals surface area contributed by atoms with Crippen molar-refractivity contribution in [2.45, 2.75) is 122 Å². The highest BCUT2D eigenvalue weighted by atomic mass is 16.4. The molecule has 2 rings (SSSR count). The smallest absolute Gasteiger partial charge is 0.326 e. The van der Waals surface area contributed by atoms with Crippen LogP contribution in [0.25, 0.3) is 0 Å². The first kappa shape index (κ1) is 48.5. The van der Waals surface area contributed by atoms with Gasteiger partial charge in [0.15, 0.2) is 11.9 Å². The van der Waals surface area contributed by atoms with Crippen LogP contribution in [-0.4, -0.2) is 118 Å². The number of hydrogen-bond acceptors (Lipinski definition) is 10. The molecule has 1 saturated heterocycles. The lowest BCUT2D eigenvalue weighted by Gasteiger charge is -2.31. The second kappa shape index (κ2) is 24.2. The largest absolute Gasteiger partial charge is 0.508 e. The number of rotatable bonds is 24. The van der Waals surface area contributed by atoms with E-state index in [1.54, 1.807) is 19.1 Å². The summed E-state index contributed by atoms with van der Waals surface area (Å²) in [6.07, 6.45) is 2.36. The lowest BCUT2D eigenvalue weighted by Crippen LogP contribution is -2.60. The minimum atomic E-state index is -1.26. The summed E-state index contributed by atoms with van der Waals surface area (Å²) >= 11 is 0. The number of carboxylic acids is 1. The Morgan fingerprint density at radius 2 is 1.40 bits per heavy atom. The lowest BCUT2D eigenvalue weighted by atomic mass is 9.96. The summed E-state index contributed by atoms with van der Waals surface area (Å²) in [5.74, 6) is -5.06. The molecule has 0 spiro atoms. The first-order valence-corrected chi connectivity index (χ1v) is 19.7. The van der Waals surface area contributed by atoms with E-state index in [1.807, 2.05) is 20.8 Å². The molecule has 0 radical (unpaired) electrons. The monoisotopic (exact) mass is 816 g/mol. The number of nitrogens with zero attached hydrogens (tertiary/aromatic N) is 3. The molecule has 7 atom stereocenters. The van der Waals surface area contributed by atoms with Gasteiger partial charge in [0, 0.05) is 26.1 Å². The number of aliphatic imine (C=N–C) groups is 2. The van der Waals surface area contributed by atoms with Crippen molar-refractivity contribution in [3.05, 3.63) is 29.8 Å². The van der Waals surface area contributed by atoms with Crippen LogP contribution in [0, 0.1) is 11.8 Å². The van der Waals surface area contributed by atoms with Crippen LogP contribution in [0.5, 0.6) is 5.75 Å². The number of phenolic OH excluding ortho intramolecular Hbond substituents is 1. The van der Waals surface area contributed by atoms with Crippen LogP contribution in [0.2, 0.25) is 0 Å². The van der Waals surface area contributed by atoms with Crippen molar-refractivity contribution in [3.63, 3.8) is 0 Å². The van der Waals surface area contributed by atoms with E-state index in [4.69, 9.17) is 28.7 Å². The Kier molecular flexibility index (Phi) is 20.2. The fourth-order valence-corrected chi connectivity index (χ4v) is 6.45. The number of aromatic hydroxyl groups is 1. The number of guanidine groups is 2. The standard InChI is InChI=1S/C38H64N12O8/c1-5-22(4)30(34(55)48-28(36(57)58)19-21(2)3)49-32(53)27(20-23-12-14-24(51)15-13-23)47-33(54)29-11-8-18-50(29)35(56)26(10-7-17-45-38(42)43)46-31(52)25(39)9-6-16-44-37(40)41/h12-15,21-22,25-30,51H,5-11,16-20,39H2,1-4H3,(H,46,52)(H,47,54)(H,48,55)(H,49,53)(H,57,58)(H4,40,41,44)(H4,42,43,45)/t22-,25-,26-,27-,28-,29-,30+/m0/s1. The molecule has 0 unspecified atom stereocenters. The molecule has 324 valence electrons. The zero-order valence-electron chi connectivity index (χ0n) is 34.0. The molecule has 1 heterocycles. The van der Waals surface area contributed by atoms with Crippen molar-refractivity contribution >= 4 is 47.4 Å². The Balaban J connectivity index is 2.36. The van der Waals surface area contributed by atoms with Gasteiger partial charge in [0.2, 0.25) is 29.5 Å². The maximum Gasteiger partial charge on any atom is 0.326 e. The first-order valence-electron chi connectivity index (χ1n) is 19.7. The summed E-state index contributed by atoms with van der Waals surface area (Å²) in [4.78, 5) is 90.1. The molecule has 20 nitrogen and oxygen atoms in total. The van der Waals surface area contributed by atoms with Gasteiger partial charge in [-0.1, -0.05) is 46.2 Å². The normalized spacial score (nSPS) is 16.8. The summed E-state index contributed by atoms with van der Waals surface area (Å²) < 4.78 is 0. The van der Waals surface area contributed by atoms with E-state index >= 15 is 0 Å². The third-order valence-electron chi connectivity index (χ3n) is 9.83. The highest BCUT2D eigenvalue weighted by Crippen LogP contribution is 2.21. The molecule has 58 heavy (non-hydrogen) atoms. The van der Waals surface area contributed by atoms with Gasteiger partial charge < -0.3 is 65.0 Å². The van der Waals surface area contributed by atoms with Crippen LogP contribution in [0.1, 0.15) is 84.6 Å². The number of carboxylic acid groups (broad SMARTS) is 1. The highest BCUT2D eigenvalue weighted by Gasteiger charge is 2.40. The Morgan fingerprint density at radius 1 is 0.810 bits per heavy atom. The van der Waals surface area contributed by atoms with E-state index in [2.05, 4.69) is 31.3 Å². The molecule has 1 aromatic rings. The third kappa shape index (κ3) is 16.4. The number of nitrogens with two attached hydrogens (primary N) is 5. The number of aliphatic carboxylic acids is 1. The number of nitrogens with one attached hydrogen (secondary N) is 4. The molecule has 0 saturated carbocycles. The van der Waals surface area contributed by atoms with Gasteiger partial charge in [0.05, 0.1) is 6.04 Å². The van der Waals surface area contributed by atoms with Crippen LogP contribution in [0.4, 0.5) is 0 Å². The van der Waals surface area contributed by atoms with Crippen LogP contribution in [0.15, 0.2) is 34.3 Å². The van der Waals surface area contributed by atoms with Crippen LogP contribution < -0.4 is 49.9 Å². The molecule has 0 aromatic heterocycles. The number of hydrogen-bond donors (Lipinski definition) is 11. The average Bonchev–Trinajstić information content (AvgIpc) is 3.66. The highest BCUT2D eigenvalue weighted by molar-refractivity contribution is 5.96. The first-order chi connectivity index (χ1) is 27.3. The van der Waals surface area contributed by atoms with Crippen LogP contribution >= 0.6 is 0 Å². The van der Waals surface area contributed by atoms with Crippen molar-refractivity contribution in [1.82, 2.24) is 26.2 Å². The number of carbonyl (C=O) groups excluding carboxylic acids is 5. The molecule has 16 N–H and O–H groups in total. The SMILES string of the molecule is CC[C@H](C)[C@@H](NC(=O)[C@H](Cc1ccc(O)cc1)NC(=O)[C@@H]1CCCN1C(=O)[C@H](CCCN=C(N)N)NC(=O)[C@@H](N)CCCN=C(N)N)C(=O)N[C@@H](CC(C)C)C(=O)O. The zero-order valence-corrected chi connectivity index (χ0v) is 34.0. The van der Waals surface area contributed by atoms with Gasteiger partial charge in [-0.3, -0.25) is 34.0 Å². The minimum absolute atomic E-state index is 0.0105. The number of likely N-dealkylation sites (tertiary alicyclic amines) is 1. The van der Waals surface area contributed by atoms with Gasteiger partial charge in [0.1, 0.15) is 36.0 Å². The summed E-state index contributed by atoms with van der Waals surface area (Å²) in [6, 6.07) is -0.652. The molecule has 1 fully saturated rings. The van der Waals surface area contributed by atoms with Crippen LogP contribution in [0.3, 0.4) is 0 Å². The second-order valence-corrected chi connectivity index (χ2v) is 15.1. The van der Waals surface area contributed by atoms with Crippen molar-refractivity contribution in [2.75, 3.05) is 19.6 Å². The Hall–Kier alpha value is -5.66. The van der Waals surface area contributed by atoms with Crippen molar-refractivity contribution in [1.29, 1.82) is 0 Å². The quantitative estimate of drug-likeness (QED) is 0.0321. The molecule has 1 aliphatic heterocycles. The fourth-order valence-electron chi connectivity index (χ4n) is 6.45. The third-order valence-corrected chi connectivity index (χ3v) is 9.83. The van der Waals surface area contributed by atoms with E-state index in [0.29, 0.717) is 31.2 Å². The Bertz CT molecular complexity index is 1600. The number of carbonyl (C=O) groups is 6. The topological polar surface area (TPSA) is 349 Å². The number of phenols is 1. The second-order valence-electron chi connectivity index (χ2n) is 15.1. The van der Waals surface area contributed by atoms with Gasteiger partial charge in [-0.2, -0.15) is 0 Å². The predicted molar refractivity (Wildman–Crippen MR) is 219 cm³/mol. The summed E-state index contributed by atoms with van der Waals surface area (Å²) in [6.45, 7) is 7.84. The average molecular weight is 817 g/mol. The molecular weight excluding hydrogens is 752 g/mol. The van der Waals surface area contributed by atoms with Crippen molar-refractivity contribution < 1.29 is 39.0 Å². The van der Waals surface area contributed by atoms with Gasteiger partial charge in [0.25, 0.3) is 0 Å². The molecule has 0 aliphatic carbocycles. The zero-order chi connectivity index (χ0) is 43.5. The minimum Gasteiger partial charge on any atom is -0.508 e. The lowest BCUT2D eigenvalue weighted by molar-refractivity contribution is -0.143. The van der Waals surface area contributed by atoms with E-state index in [1.165, 1.54) is 17.0 Å². The van der Waals surface area contributed by atoms with Gasteiger partial charge >= 0.3 is 5.97 Å². The maximum atomic E-state index is 14.1. The van der Waals surface area contributed by atoms with E-state index in [9.17, 15) is 39.0 Å². The Morgan fingerprint density at radius 3 is 1.95 bits per heavy atom. The van der Waals surface area contributed by atoms with Crippen LogP contribution in [-0.2, 0) is 35.2 Å². The predicted octanol–water partition coefficient (Wildman–Crippen LogP) is -1.52. The van der Waals surface area contributed by atoms with Gasteiger partial charge in [-0.05, 0) is 74.5 Å². The van der Waals surface area contributed by atoms with E-state index in [-0.39, 0.29) is 75.3 Å². The van der Waals surface area contributed by atoms with Crippen molar-refractivity contribution in [2.24, 2.45) is 50.5 Å². The Labute approximate surface area is 339 Å². The summed E-state index contributed by atoms with van der Waals surface area (Å²) in [7, 11) is 0. The number of benzene rings is 1. The summed E-state index contributed by atoms with van der Waals surface area (Å²) in [5, 5.41) is 30.4. The van der Waals surface area contributed by atoms with Gasteiger partial charge in [-0.15, -0.1) is 0 Å². The van der Waals surface area contributed by atoms with Gasteiger partial charge in [-0.25, -0.2) is 4.79 Å². The summed E-state index contributed by atoms with van der Waals surface area (Å²) in [5.41, 5.74) is 28.3. The number of amides is 5. The van der Waals surface area contributed by atoms with Crippen molar-refractivity contribution in [3.8, 4) is 5.75 Å². The molecule has 1 aliphatic rings. The molecule has 5 amide bonds. The fraction of sp³-hybridized carbons (Fsp3) is 0.632.